The number of urea groups is 1. The van der Waals surface area contributed by atoms with Gasteiger partial charge in [-0.05, 0) is 51.5 Å². The molecule has 0 bridgehead atoms. The van der Waals surface area contributed by atoms with Crippen LogP contribution in [0.3, 0.4) is 0 Å². The summed E-state index contributed by atoms with van der Waals surface area (Å²) in [5.74, 6) is -0.808. The summed E-state index contributed by atoms with van der Waals surface area (Å²) >= 11 is 0. The highest BCUT2D eigenvalue weighted by Crippen LogP contribution is 2.53. The lowest BCUT2D eigenvalue weighted by Crippen LogP contribution is -2.83. The highest BCUT2D eigenvalue weighted by Gasteiger charge is 2.76. The molecular weight excluding hydrogens is 476 g/mol. The number of hydrogen-bond donors (Lipinski definition) is 2. The largest absolute Gasteiger partial charge is 0.445 e. The van der Waals surface area contributed by atoms with Crippen LogP contribution in [-0.4, -0.2) is 81.9 Å². The zero-order chi connectivity index (χ0) is 25.4. The smallest absolute Gasteiger partial charge is 0.410 e. The molecule has 0 unspecified atom stereocenters. The summed E-state index contributed by atoms with van der Waals surface area (Å²) in [6, 6.07) is 8.92. The van der Waals surface area contributed by atoms with E-state index in [2.05, 4.69) is 5.32 Å². The van der Waals surface area contributed by atoms with Crippen LogP contribution < -0.4 is 5.32 Å². The molecule has 2 atom stereocenters. The van der Waals surface area contributed by atoms with Gasteiger partial charge in [-0.15, -0.1) is 0 Å². The van der Waals surface area contributed by atoms with Crippen LogP contribution >= 0.6 is 0 Å². The first kappa shape index (κ1) is 25.2. The fourth-order valence-corrected chi connectivity index (χ4v) is 6.63. The number of benzene rings is 1. The molecule has 11 nitrogen and oxygen atoms in total. The van der Waals surface area contributed by atoms with E-state index in [9.17, 15) is 27.4 Å². The van der Waals surface area contributed by atoms with E-state index < -0.39 is 33.3 Å². The van der Waals surface area contributed by atoms with Gasteiger partial charge in [0.1, 0.15) is 12.1 Å². The third-order valence-electron chi connectivity index (χ3n) is 7.69. The second-order valence-electron chi connectivity index (χ2n) is 9.75. The summed E-state index contributed by atoms with van der Waals surface area (Å²) < 4.78 is 38.7. The zero-order valence-corrected chi connectivity index (χ0v) is 20.8. The number of fused-ring (bicyclic) bond motifs is 1. The van der Waals surface area contributed by atoms with E-state index in [4.69, 9.17) is 4.74 Å². The quantitative estimate of drug-likeness (QED) is 0.470. The lowest BCUT2D eigenvalue weighted by Gasteiger charge is -2.58. The van der Waals surface area contributed by atoms with E-state index in [-0.39, 0.29) is 31.7 Å². The van der Waals surface area contributed by atoms with E-state index in [1.807, 2.05) is 30.3 Å². The summed E-state index contributed by atoms with van der Waals surface area (Å²) in [6.45, 7) is 4.56. The molecule has 12 heteroatoms. The van der Waals surface area contributed by atoms with Crippen molar-refractivity contribution in [2.45, 2.75) is 69.7 Å². The fraction of sp³-hybridized carbons (Fsp3) is 0.609. The monoisotopic (exact) mass is 508 g/mol. The molecule has 35 heavy (non-hydrogen) atoms. The number of rotatable bonds is 4. The minimum absolute atomic E-state index is 0.131. The van der Waals surface area contributed by atoms with Gasteiger partial charge in [-0.1, -0.05) is 30.3 Å². The molecule has 0 saturated carbocycles. The molecule has 1 aromatic rings. The average Bonchev–Trinajstić information content (AvgIpc) is 3.01. The molecule has 2 N–H and O–H groups in total. The number of amides is 4. The number of nitrogens with one attached hydrogen (secondary N) is 1. The number of carbonyl (C=O) groups is 3. The maximum Gasteiger partial charge on any atom is 0.410 e. The number of ether oxygens (including phenoxy) is 1. The predicted molar refractivity (Wildman–Crippen MR) is 126 cm³/mol. The fourth-order valence-electron chi connectivity index (χ4n) is 5.47. The highest BCUT2D eigenvalue weighted by molar-refractivity contribution is 7.84. The van der Waals surface area contributed by atoms with Crippen molar-refractivity contribution in [2.75, 3.05) is 19.6 Å². The number of β-lactam (4-membered cyclic amide) rings is 1. The van der Waals surface area contributed by atoms with E-state index >= 15 is 0 Å². The molecule has 3 aliphatic heterocycles. The van der Waals surface area contributed by atoms with Crippen molar-refractivity contribution in [3.8, 4) is 0 Å². The minimum atomic E-state index is -4.70. The standard InChI is InChI=1S/C23H32N4O7S/c1-22-12-15-26(23(22,2)19(28)27(22)35(31,32)33)20(29)24-18-10-6-13-25(14-7-11-18)21(30)34-16-17-8-4-3-5-9-17/h3-5,8-9,18H,6-7,10-16H2,1-2H3,(H,24,29)(H,31,32,33)/t22-,23-/m1/s1. The topological polar surface area (TPSA) is 137 Å². The van der Waals surface area contributed by atoms with Crippen LogP contribution in [0.5, 0.6) is 0 Å². The zero-order valence-electron chi connectivity index (χ0n) is 20.0. The van der Waals surface area contributed by atoms with E-state index in [0.29, 0.717) is 43.1 Å². The Morgan fingerprint density at radius 2 is 1.74 bits per heavy atom. The molecule has 0 radical (unpaired) electrons. The van der Waals surface area contributed by atoms with Crippen LogP contribution in [0.15, 0.2) is 30.3 Å². The Morgan fingerprint density at radius 3 is 2.34 bits per heavy atom. The molecule has 0 spiro atoms. The normalized spacial score (nSPS) is 27.5. The third-order valence-corrected chi connectivity index (χ3v) is 8.72. The summed E-state index contributed by atoms with van der Waals surface area (Å²) in [7, 11) is -4.70. The highest BCUT2D eigenvalue weighted by atomic mass is 32.2. The van der Waals surface area contributed by atoms with Crippen molar-refractivity contribution in [1.29, 1.82) is 0 Å². The first-order valence-electron chi connectivity index (χ1n) is 11.8. The first-order chi connectivity index (χ1) is 16.5. The van der Waals surface area contributed by atoms with Gasteiger partial charge in [-0.3, -0.25) is 9.35 Å². The molecule has 3 heterocycles. The summed E-state index contributed by atoms with van der Waals surface area (Å²) in [5, 5.41) is 2.99. The maximum atomic E-state index is 13.1. The van der Waals surface area contributed by atoms with Gasteiger partial charge in [0, 0.05) is 25.7 Å². The van der Waals surface area contributed by atoms with Gasteiger partial charge >= 0.3 is 22.4 Å². The Bertz CT molecular complexity index is 1090. The van der Waals surface area contributed by atoms with Crippen molar-refractivity contribution >= 4 is 28.3 Å². The number of nitrogens with zero attached hydrogens (tertiary/aromatic N) is 3. The van der Waals surface area contributed by atoms with Crippen LogP contribution in [0.4, 0.5) is 9.59 Å². The molecule has 192 valence electrons. The lowest BCUT2D eigenvalue weighted by atomic mass is 9.72. The van der Waals surface area contributed by atoms with Gasteiger partial charge in [0.25, 0.3) is 5.91 Å². The van der Waals surface area contributed by atoms with Gasteiger partial charge in [-0.2, -0.15) is 8.42 Å². The van der Waals surface area contributed by atoms with Crippen LogP contribution in [-0.2, 0) is 26.4 Å². The second kappa shape index (κ2) is 9.30. The molecule has 4 rings (SSSR count). The van der Waals surface area contributed by atoms with Crippen LogP contribution in [0, 0.1) is 0 Å². The second-order valence-corrected chi connectivity index (χ2v) is 11.0. The van der Waals surface area contributed by atoms with Crippen LogP contribution in [0.1, 0.15) is 51.5 Å². The van der Waals surface area contributed by atoms with Crippen LogP contribution in [0.2, 0.25) is 0 Å². The van der Waals surface area contributed by atoms with E-state index in [1.54, 1.807) is 18.7 Å². The van der Waals surface area contributed by atoms with Crippen molar-refractivity contribution in [2.24, 2.45) is 0 Å². The van der Waals surface area contributed by atoms with E-state index in [0.717, 1.165) is 5.56 Å². The lowest BCUT2D eigenvalue weighted by molar-refractivity contribution is -0.164. The summed E-state index contributed by atoms with van der Waals surface area (Å²) in [6.07, 6.45) is 2.55. The van der Waals surface area contributed by atoms with Crippen molar-refractivity contribution in [1.82, 2.24) is 19.4 Å². The summed E-state index contributed by atoms with van der Waals surface area (Å²) in [5.41, 5.74) is -1.60. The Morgan fingerprint density at radius 1 is 1.11 bits per heavy atom. The first-order valence-corrected chi connectivity index (χ1v) is 13.2. The molecule has 3 saturated heterocycles. The molecular formula is C23H32N4O7S. The van der Waals surface area contributed by atoms with Crippen molar-refractivity contribution < 1.29 is 32.1 Å². The molecule has 0 aromatic heterocycles. The molecule has 0 aliphatic carbocycles. The number of carbonyl (C=O) groups excluding carboxylic acids is 3. The Kier molecular flexibility index (Phi) is 6.71. The predicted octanol–water partition coefficient (Wildman–Crippen LogP) is 2.15. The third kappa shape index (κ3) is 4.44. The van der Waals surface area contributed by atoms with Crippen LogP contribution in [0.25, 0.3) is 0 Å². The van der Waals surface area contributed by atoms with E-state index in [1.165, 1.54) is 4.90 Å². The van der Waals surface area contributed by atoms with Gasteiger partial charge in [0.05, 0.1) is 5.54 Å². The Balaban J connectivity index is 1.29. The van der Waals surface area contributed by atoms with Crippen molar-refractivity contribution in [3.63, 3.8) is 0 Å². The molecule has 1 aromatic carbocycles. The Hall–Kier alpha value is -2.86. The number of likely N-dealkylation sites (tertiary alicyclic amines) is 2. The van der Waals surface area contributed by atoms with Gasteiger partial charge in [0.2, 0.25) is 0 Å². The van der Waals surface area contributed by atoms with Crippen molar-refractivity contribution in [3.05, 3.63) is 35.9 Å². The Labute approximate surface area is 205 Å². The molecule has 3 aliphatic rings. The van der Waals surface area contributed by atoms with Gasteiger partial charge < -0.3 is 19.9 Å². The maximum absolute atomic E-state index is 13.1. The molecule has 4 amide bonds. The summed E-state index contributed by atoms with van der Waals surface area (Å²) in [4.78, 5) is 41.3. The number of hydrogen-bond acceptors (Lipinski definition) is 6. The SMILES string of the molecule is C[C@@]12CCN(C(=O)NC3CCCN(C(=O)OCc4ccccc4)CCC3)[C@]1(C)C(=O)N2S(=O)(=O)O. The average molecular weight is 509 g/mol. The minimum Gasteiger partial charge on any atom is -0.445 e. The molecule has 3 fully saturated rings. The van der Waals surface area contributed by atoms with Gasteiger partial charge in [0.15, 0.2) is 0 Å². The van der Waals surface area contributed by atoms with Gasteiger partial charge in [-0.25, -0.2) is 13.9 Å².